The van der Waals surface area contributed by atoms with Crippen molar-refractivity contribution in [3.8, 4) is 23.0 Å². The monoisotopic (exact) mass is 503 g/mol. The molecule has 2 aliphatic heterocycles. The molecule has 3 heterocycles. The number of sulfone groups is 1. The predicted octanol–water partition coefficient (Wildman–Crippen LogP) is 3.22. The van der Waals surface area contributed by atoms with Gasteiger partial charge >= 0.3 is 0 Å². The molecule has 1 fully saturated rings. The summed E-state index contributed by atoms with van der Waals surface area (Å²) in [6.07, 6.45) is 0.774. The second kappa shape index (κ2) is 10.2. The van der Waals surface area contributed by atoms with Crippen LogP contribution < -0.4 is 14.8 Å². The zero-order valence-electron chi connectivity index (χ0n) is 19.0. The van der Waals surface area contributed by atoms with Crippen molar-refractivity contribution in [1.29, 1.82) is 0 Å². The average Bonchev–Trinajstić information content (AvgIpc) is 3.32. The zero-order chi connectivity index (χ0) is 24.3. The van der Waals surface area contributed by atoms with Crippen molar-refractivity contribution in [1.82, 2.24) is 9.88 Å². The van der Waals surface area contributed by atoms with Gasteiger partial charge in [-0.1, -0.05) is 0 Å². The van der Waals surface area contributed by atoms with Crippen LogP contribution in [0.25, 0.3) is 11.5 Å². The number of morpholine rings is 1. The van der Waals surface area contributed by atoms with E-state index >= 15 is 0 Å². The van der Waals surface area contributed by atoms with E-state index in [-0.39, 0.29) is 21.7 Å². The van der Waals surface area contributed by atoms with Gasteiger partial charge in [-0.15, -0.1) is 0 Å². The Hall–Kier alpha value is -3.15. The van der Waals surface area contributed by atoms with E-state index in [0.29, 0.717) is 50.0 Å². The highest BCUT2D eigenvalue weighted by Crippen LogP contribution is 2.37. The van der Waals surface area contributed by atoms with Gasteiger partial charge in [0.05, 0.1) is 18.1 Å². The first kappa shape index (κ1) is 23.6. The summed E-state index contributed by atoms with van der Waals surface area (Å²) < 4.78 is 62.8. The van der Waals surface area contributed by atoms with Crippen LogP contribution in [-0.2, 0) is 14.6 Å². The molecule has 0 radical (unpaired) electrons. The first-order valence-electron chi connectivity index (χ1n) is 11.5. The lowest BCUT2D eigenvalue weighted by Gasteiger charge is -2.26. The summed E-state index contributed by atoms with van der Waals surface area (Å²) in [4.78, 5) is 6.61. The molecule has 0 bridgehead atoms. The highest BCUT2D eigenvalue weighted by molar-refractivity contribution is 7.91. The number of anilines is 1. The Kier molecular flexibility index (Phi) is 6.89. The summed E-state index contributed by atoms with van der Waals surface area (Å²) in [6, 6.07) is 9.97. The van der Waals surface area contributed by atoms with E-state index in [1.807, 2.05) is 0 Å². The summed E-state index contributed by atoms with van der Waals surface area (Å²) in [6.45, 7) is 5.26. The third-order valence-electron chi connectivity index (χ3n) is 5.81. The zero-order valence-corrected chi connectivity index (χ0v) is 19.9. The molecule has 0 aliphatic carbocycles. The van der Waals surface area contributed by atoms with Crippen molar-refractivity contribution in [3.63, 3.8) is 0 Å². The van der Waals surface area contributed by atoms with Gasteiger partial charge in [-0.2, -0.15) is 4.98 Å². The second-order valence-corrected chi connectivity index (χ2v) is 10.1. The molecule has 3 aromatic rings. The Labute approximate surface area is 202 Å². The number of benzene rings is 2. The van der Waals surface area contributed by atoms with Crippen LogP contribution >= 0.6 is 0 Å². The fourth-order valence-corrected chi connectivity index (χ4v) is 5.24. The van der Waals surface area contributed by atoms with Crippen molar-refractivity contribution in [2.75, 3.05) is 57.9 Å². The Bertz CT molecular complexity index is 1270. The molecule has 2 aliphatic rings. The van der Waals surface area contributed by atoms with E-state index < -0.39 is 15.7 Å². The van der Waals surface area contributed by atoms with Gasteiger partial charge in [0.15, 0.2) is 11.5 Å². The van der Waals surface area contributed by atoms with Crippen LogP contribution in [0.3, 0.4) is 0 Å². The molecule has 0 saturated carbocycles. The second-order valence-electron chi connectivity index (χ2n) is 8.20. The number of aromatic nitrogens is 1. The minimum absolute atomic E-state index is 0.0112. The molecule has 9 nitrogen and oxygen atoms in total. The molecule has 1 aromatic heterocycles. The van der Waals surface area contributed by atoms with E-state index in [1.54, 1.807) is 6.07 Å². The van der Waals surface area contributed by atoms with Crippen LogP contribution in [0.2, 0.25) is 0 Å². The van der Waals surface area contributed by atoms with Gasteiger partial charge in [0.1, 0.15) is 19.0 Å². The average molecular weight is 504 g/mol. The number of hydrogen-bond acceptors (Lipinski definition) is 9. The largest absolute Gasteiger partial charge is 0.486 e. The van der Waals surface area contributed by atoms with E-state index in [4.69, 9.17) is 18.6 Å². The molecule has 1 N–H and O–H groups in total. The lowest BCUT2D eigenvalue weighted by atomic mass is 10.2. The predicted molar refractivity (Wildman–Crippen MR) is 125 cm³/mol. The number of nitrogens with one attached hydrogen (secondary N) is 1. The van der Waals surface area contributed by atoms with Crippen molar-refractivity contribution in [2.45, 2.75) is 16.3 Å². The summed E-state index contributed by atoms with van der Waals surface area (Å²) >= 11 is 0. The maximum atomic E-state index is 13.6. The molecule has 0 amide bonds. The van der Waals surface area contributed by atoms with Crippen LogP contribution in [0.5, 0.6) is 11.5 Å². The maximum absolute atomic E-state index is 13.6. The number of halogens is 1. The van der Waals surface area contributed by atoms with Crippen LogP contribution in [-0.4, -0.2) is 70.9 Å². The first-order chi connectivity index (χ1) is 17.0. The molecule has 1 saturated heterocycles. The van der Waals surface area contributed by atoms with Gasteiger partial charge in [0.25, 0.3) is 0 Å². The minimum atomic E-state index is -4.06. The van der Waals surface area contributed by atoms with Crippen molar-refractivity contribution < 1.29 is 31.4 Å². The van der Waals surface area contributed by atoms with Gasteiger partial charge in [-0.25, -0.2) is 12.8 Å². The minimum Gasteiger partial charge on any atom is -0.486 e. The lowest BCUT2D eigenvalue weighted by Crippen LogP contribution is -2.37. The molecule has 186 valence electrons. The number of hydrogen-bond donors (Lipinski definition) is 1. The van der Waals surface area contributed by atoms with Crippen molar-refractivity contribution in [2.24, 2.45) is 0 Å². The van der Waals surface area contributed by atoms with Gasteiger partial charge in [0, 0.05) is 31.3 Å². The number of oxazole rings is 1. The SMILES string of the molecule is O=S(=O)(c1ccc2c(c1)OCCO2)c1nc(-c2ccc(F)cc2)oc1NCCCN1CCOCC1. The number of ether oxygens (including phenoxy) is 3. The van der Waals surface area contributed by atoms with Crippen LogP contribution in [0.4, 0.5) is 10.3 Å². The highest BCUT2D eigenvalue weighted by Gasteiger charge is 2.30. The van der Waals surface area contributed by atoms with Gasteiger partial charge in [-0.05, 0) is 49.4 Å². The summed E-state index contributed by atoms with van der Waals surface area (Å²) in [5.41, 5.74) is 0.464. The summed E-state index contributed by atoms with van der Waals surface area (Å²) in [7, 11) is -4.06. The number of fused-ring (bicyclic) bond motifs is 1. The third-order valence-corrected chi connectivity index (χ3v) is 7.47. The normalized spacial score (nSPS) is 16.3. The lowest BCUT2D eigenvalue weighted by molar-refractivity contribution is 0.0378. The molecule has 0 spiro atoms. The van der Waals surface area contributed by atoms with E-state index in [0.717, 1.165) is 26.1 Å². The fraction of sp³-hybridized carbons (Fsp3) is 0.375. The van der Waals surface area contributed by atoms with E-state index in [9.17, 15) is 12.8 Å². The Balaban J connectivity index is 1.41. The molecule has 0 unspecified atom stereocenters. The van der Waals surface area contributed by atoms with Crippen LogP contribution in [0.15, 0.2) is 56.8 Å². The Morgan fingerprint density at radius 1 is 0.971 bits per heavy atom. The van der Waals surface area contributed by atoms with Crippen molar-refractivity contribution in [3.05, 3.63) is 48.3 Å². The highest BCUT2D eigenvalue weighted by atomic mass is 32.2. The van der Waals surface area contributed by atoms with Crippen molar-refractivity contribution >= 4 is 15.7 Å². The number of nitrogens with zero attached hydrogens (tertiary/aromatic N) is 2. The quantitative estimate of drug-likeness (QED) is 0.464. The molecule has 11 heteroatoms. The Morgan fingerprint density at radius 2 is 1.71 bits per heavy atom. The summed E-state index contributed by atoms with van der Waals surface area (Å²) in [5, 5.41) is 2.86. The molecular weight excluding hydrogens is 477 g/mol. The topological polar surface area (TPSA) is 103 Å². The molecule has 5 rings (SSSR count). The third kappa shape index (κ3) is 5.26. The molecular formula is C24H26FN3O6S. The van der Waals surface area contributed by atoms with E-state index in [1.165, 1.54) is 36.4 Å². The molecule has 35 heavy (non-hydrogen) atoms. The van der Waals surface area contributed by atoms with Crippen LogP contribution in [0.1, 0.15) is 6.42 Å². The maximum Gasteiger partial charge on any atom is 0.233 e. The smallest absolute Gasteiger partial charge is 0.233 e. The van der Waals surface area contributed by atoms with Crippen LogP contribution in [0, 0.1) is 5.82 Å². The standard InChI is InChI=1S/C24H26FN3O6S/c25-18-4-2-17(3-5-18)22-27-24(23(34-22)26-8-1-9-28-10-12-31-13-11-28)35(29,30)19-6-7-20-21(16-19)33-15-14-32-20/h2-7,16,26H,1,8-15H2. The summed E-state index contributed by atoms with van der Waals surface area (Å²) in [5.74, 6) is 0.562. The molecule has 2 aromatic carbocycles. The first-order valence-corrected chi connectivity index (χ1v) is 12.9. The molecule has 0 atom stereocenters. The fourth-order valence-electron chi connectivity index (χ4n) is 3.95. The van der Waals surface area contributed by atoms with Gasteiger partial charge in [0.2, 0.25) is 26.6 Å². The van der Waals surface area contributed by atoms with Gasteiger partial charge < -0.3 is 23.9 Å². The number of rotatable bonds is 8. The van der Waals surface area contributed by atoms with E-state index in [2.05, 4.69) is 15.2 Å². The van der Waals surface area contributed by atoms with Gasteiger partial charge in [-0.3, -0.25) is 4.90 Å². The Morgan fingerprint density at radius 3 is 2.49 bits per heavy atom.